The molecule has 0 aliphatic carbocycles. The number of hydrogen-bond acceptors (Lipinski definition) is 4. The van der Waals surface area contributed by atoms with E-state index in [0.717, 1.165) is 31.6 Å². The summed E-state index contributed by atoms with van der Waals surface area (Å²) in [6.07, 6.45) is 1.09. The van der Waals surface area contributed by atoms with Crippen LogP contribution in [0.2, 0.25) is 0 Å². The lowest BCUT2D eigenvalue weighted by atomic mass is 9.89. The molecule has 4 nitrogen and oxygen atoms in total. The number of carbonyl (C=O) groups is 1. The Labute approximate surface area is 131 Å². The predicted molar refractivity (Wildman–Crippen MR) is 83.9 cm³/mol. The Kier molecular flexibility index (Phi) is 5.91. The van der Waals surface area contributed by atoms with E-state index in [1.807, 2.05) is 6.92 Å². The topological polar surface area (TPSA) is 41.6 Å². The van der Waals surface area contributed by atoms with Crippen molar-refractivity contribution in [2.24, 2.45) is 5.41 Å². The van der Waals surface area contributed by atoms with Crippen molar-refractivity contribution >= 4 is 5.97 Å². The first-order valence-corrected chi connectivity index (χ1v) is 7.84. The summed E-state index contributed by atoms with van der Waals surface area (Å²) in [5, 5.41) is 3.38. The van der Waals surface area contributed by atoms with Crippen LogP contribution in [0.25, 0.3) is 0 Å². The Morgan fingerprint density at radius 2 is 2.14 bits per heavy atom. The van der Waals surface area contributed by atoms with Gasteiger partial charge in [0.15, 0.2) is 0 Å². The van der Waals surface area contributed by atoms with Gasteiger partial charge in [-0.1, -0.05) is 19.1 Å². The van der Waals surface area contributed by atoms with E-state index in [-0.39, 0.29) is 23.7 Å². The van der Waals surface area contributed by atoms with Crippen molar-refractivity contribution in [3.63, 3.8) is 0 Å². The fourth-order valence-corrected chi connectivity index (χ4v) is 2.95. The van der Waals surface area contributed by atoms with Crippen molar-refractivity contribution in [3.05, 3.63) is 35.6 Å². The van der Waals surface area contributed by atoms with Crippen LogP contribution in [0, 0.1) is 11.2 Å². The second kappa shape index (κ2) is 7.70. The van der Waals surface area contributed by atoms with Crippen molar-refractivity contribution in [1.82, 2.24) is 10.2 Å². The van der Waals surface area contributed by atoms with Crippen LogP contribution in [0.4, 0.5) is 4.39 Å². The number of rotatable bonds is 7. The zero-order chi connectivity index (χ0) is 16.0. The van der Waals surface area contributed by atoms with E-state index in [0.29, 0.717) is 13.2 Å². The van der Waals surface area contributed by atoms with Crippen LogP contribution in [0.15, 0.2) is 24.3 Å². The van der Waals surface area contributed by atoms with Gasteiger partial charge < -0.3 is 10.1 Å². The standard InChI is InChI=1S/C17H25FN2O2/c1-3-22-16(21)11-20(13-17(2)8-9-19-12-17)10-14-4-6-15(18)7-5-14/h4-7,19H,3,8-13H2,1-2H3. The van der Waals surface area contributed by atoms with Gasteiger partial charge in [0.2, 0.25) is 0 Å². The van der Waals surface area contributed by atoms with E-state index in [4.69, 9.17) is 4.74 Å². The molecule has 5 heteroatoms. The quantitative estimate of drug-likeness (QED) is 0.784. The first-order chi connectivity index (χ1) is 10.5. The normalized spacial score (nSPS) is 21.3. The molecule has 0 saturated carbocycles. The molecule has 0 amide bonds. The second-order valence-corrected chi connectivity index (χ2v) is 6.31. The number of carbonyl (C=O) groups excluding carboxylic acids is 1. The van der Waals surface area contributed by atoms with Crippen molar-refractivity contribution < 1.29 is 13.9 Å². The summed E-state index contributed by atoms with van der Waals surface area (Å²) >= 11 is 0. The van der Waals surface area contributed by atoms with E-state index in [1.54, 1.807) is 12.1 Å². The number of ether oxygens (including phenoxy) is 1. The molecular formula is C17H25FN2O2. The number of nitrogens with zero attached hydrogens (tertiary/aromatic N) is 1. The number of nitrogens with one attached hydrogen (secondary N) is 1. The highest BCUT2D eigenvalue weighted by Crippen LogP contribution is 2.26. The molecule has 0 bridgehead atoms. The SMILES string of the molecule is CCOC(=O)CN(Cc1ccc(F)cc1)CC1(C)CCNC1. The molecule has 1 aliphatic rings. The molecule has 1 fully saturated rings. The molecule has 1 unspecified atom stereocenters. The Morgan fingerprint density at radius 3 is 2.73 bits per heavy atom. The Balaban J connectivity index is 2.03. The summed E-state index contributed by atoms with van der Waals surface area (Å²) in [5.74, 6) is -0.452. The Hall–Kier alpha value is -1.46. The molecule has 22 heavy (non-hydrogen) atoms. The van der Waals surface area contributed by atoms with Crippen molar-refractivity contribution in [3.8, 4) is 0 Å². The van der Waals surface area contributed by atoms with Gasteiger partial charge in [0.05, 0.1) is 13.2 Å². The van der Waals surface area contributed by atoms with Crippen LogP contribution in [0.3, 0.4) is 0 Å². The van der Waals surface area contributed by atoms with Crippen molar-refractivity contribution in [1.29, 1.82) is 0 Å². The summed E-state index contributed by atoms with van der Waals surface area (Å²) in [7, 11) is 0. The zero-order valence-electron chi connectivity index (χ0n) is 13.4. The lowest BCUT2D eigenvalue weighted by Gasteiger charge is -2.31. The van der Waals surface area contributed by atoms with Crippen LogP contribution in [-0.2, 0) is 16.1 Å². The molecule has 1 aromatic carbocycles. The Bertz CT molecular complexity index is 484. The maximum Gasteiger partial charge on any atom is 0.320 e. The third kappa shape index (κ3) is 5.07. The molecule has 1 aliphatic heterocycles. The highest BCUT2D eigenvalue weighted by atomic mass is 19.1. The molecule has 0 spiro atoms. The summed E-state index contributed by atoms with van der Waals surface area (Å²) in [4.78, 5) is 13.9. The van der Waals surface area contributed by atoms with E-state index in [2.05, 4.69) is 17.1 Å². The average Bonchev–Trinajstić information content (AvgIpc) is 2.88. The minimum Gasteiger partial charge on any atom is -0.465 e. The van der Waals surface area contributed by atoms with E-state index in [9.17, 15) is 9.18 Å². The molecular weight excluding hydrogens is 283 g/mol. The van der Waals surface area contributed by atoms with Crippen LogP contribution < -0.4 is 5.32 Å². The lowest BCUT2D eigenvalue weighted by molar-refractivity contribution is -0.144. The molecule has 1 saturated heterocycles. The van der Waals surface area contributed by atoms with Crippen LogP contribution in [0.1, 0.15) is 25.8 Å². The van der Waals surface area contributed by atoms with Crippen LogP contribution >= 0.6 is 0 Å². The van der Waals surface area contributed by atoms with Gasteiger partial charge in [0.1, 0.15) is 5.82 Å². The highest BCUT2D eigenvalue weighted by Gasteiger charge is 2.31. The van der Waals surface area contributed by atoms with Gasteiger partial charge in [-0.25, -0.2) is 4.39 Å². The molecule has 1 aromatic rings. The fourth-order valence-electron chi connectivity index (χ4n) is 2.95. The minimum absolute atomic E-state index is 0.159. The summed E-state index contributed by atoms with van der Waals surface area (Å²) in [6, 6.07) is 6.44. The molecule has 0 aromatic heterocycles. The largest absolute Gasteiger partial charge is 0.465 e. The molecule has 1 N–H and O–H groups in total. The molecule has 2 rings (SSSR count). The fraction of sp³-hybridized carbons (Fsp3) is 0.588. The molecule has 1 atom stereocenters. The maximum absolute atomic E-state index is 13.0. The molecule has 1 heterocycles. The van der Waals surface area contributed by atoms with Crippen LogP contribution in [0.5, 0.6) is 0 Å². The minimum atomic E-state index is -0.243. The van der Waals surface area contributed by atoms with E-state index < -0.39 is 0 Å². The summed E-state index contributed by atoms with van der Waals surface area (Å²) < 4.78 is 18.1. The van der Waals surface area contributed by atoms with Gasteiger partial charge in [-0.2, -0.15) is 0 Å². The first kappa shape index (κ1) is 16.9. The first-order valence-electron chi connectivity index (χ1n) is 7.84. The smallest absolute Gasteiger partial charge is 0.320 e. The van der Waals surface area contributed by atoms with Gasteiger partial charge in [0.25, 0.3) is 0 Å². The number of benzene rings is 1. The molecule has 122 valence electrons. The molecule has 0 radical (unpaired) electrons. The van der Waals surface area contributed by atoms with E-state index >= 15 is 0 Å². The zero-order valence-corrected chi connectivity index (χ0v) is 13.4. The van der Waals surface area contributed by atoms with Crippen molar-refractivity contribution in [2.75, 3.05) is 32.8 Å². The summed E-state index contributed by atoms with van der Waals surface area (Å²) in [6.45, 7) is 8.10. The average molecular weight is 308 g/mol. The predicted octanol–water partition coefficient (Wildman–Crippen LogP) is 2.19. The highest BCUT2D eigenvalue weighted by molar-refractivity contribution is 5.71. The van der Waals surface area contributed by atoms with Gasteiger partial charge in [-0.05, 0) is 43.0 Å². The van der Waals surface area contributed by atoms with Gasteiger partial charge in [-0.3, -0.25) is 9.69 Å². The maximum atomic E-state index is 13.0. The second-order valence-electron chi connectivity index (χ2n) is 6.31. The number of hydrogen-bond donors (Lipinski definition) is 1. The third-order valence-electron chi connectivity index (χ3n) is 4.04. The summed E-state index contributed by atoms with van der Waals surface area (Å²) in [5.41, 5.74) is 1.16. The lowest BCUT2D eigenvalue weighted by Crippen LogP contribution is -2.40. The van der Waals surface area contributed by atoms with Crippen molar-refractivity contribution in [2.45, 2.75) is 26.8 Å². The van der Waals surface area contributed by atoms with Crippen LogP contribution in [-0.4, -0.2) is 43.7 Å². The van der Waals surface area contributed by atoms with Gasteiger partial charge in [0, 0.05) is 19.6 Å². The number of esters is 1. The van der Waals surface area contributed by atoms with E-state index in [1.165, 1.54) is 12.1 Å². The third-order valence-corrected chi connectivity index (χ3v) is 4.04. The number of halogens is 1. The monoisotopic (exact) mass is 308 g/mol. The Morgan fingerprint density at radius 1 is 1.41 bits per heavy atom. The van der Waals surface area contributed by atoms with Gasteiger partial charge >= 0.3 is 5.97 Å². The van der Waals surface area contributed by atoms with Gasteiger partial charge in [-0.15, -0.1) is 0 Å².